The van der Waals surface area contributed by atoms with Crippen LogP contribution in [-0.2, 0) is 11.8 Å². The lowest BCUT2D eigenvalue weighted by Gasteiger charge is -2.62. The van der Waals surface area contributed by atoms with Crippen molar-refractivity contribution in [1.82, 2.24) is 4.90 Å². The molecule has 0 amide bonds. The van der Waals surface area contributed by atoms with E-state index in [1.807, 2.05) is 6.07 Å². The van der Waals surface area contributed by atoms with Gasteiger partial charge in [-0.2, -0.15) is 0 Å². The molecule has 2 fully saturated rings. The normalized spacial score (nSPS) is 40.6. The van der Waals surface area contributed by atoms with Crippen molar-refractivity contribution >= 4 is 0 Å². The van der Waals surface area contributed by atoms with Crippen LogP contribution in [0.25, 0.3) is 0 Å². The van der Waals surface area contributed by atoms with E-state index in [1.165, 1.54) is 11.1 Å². The Hall–Kier alpha value is -1.52. The molecule has 1 aromatic carbocycles. The van der Waals surface area contributed by atoms with E-state index in [0.717, 1.165) is 49.3 Å². The predicted molar refractivity (Wildman–Crippen MR) is 87.2 cm³/mol. The minimum atomic E-state index is -0.740. The molecule has 122 valence electrons. The fourth-order valence-corrected chi connectivity index (χ4v) is 5.81. The molecule has 5 rings (SSSR count). The first-order valence-corrected chi connectivity index (χ1v) is 8.50. The molecule has 1 saturated carbocycles. The van der Waals surface area contributed by atoms with Crippen molar-refractivity contribution in [1.29, 1.82) is 0 Å². The molecule has 1 spiro atoms. The third kappa shape index (κ3) is 1.33. The number of nitrogens with zero attached hydrogens (tertiary/aromatic N) is 1. The number of ether oxygens (including phenoxy) is 2. The first-order valence-electron chi connectivity index (χ1n) is 8.50. The Morgan fingerprint density at radius 1 is 1.39 bits per heavy atom. The highest BCUT2D eigenvalue weighted by molar-refractivity contribution is 5.64. The molecule has 0 aromatic heterocycles. The summed E-state index contributed by atoms with van der Waals surface area (Å²) in [5, 5.41) is 11.9. The Labute approximate surface area is 136 Å². The van der Waals surface area contributed by atoms with Crippen molar-refractivity contribution in [3.8, 4) is 11.5 Å². The van der Waals surface area contributed by atoms with E-state index in [1.54, 1.807) is 7.11 Å². The van der Waals surface area contributed by atoms with E-state index in [-0.39, 0.29) is 17.6 Å². The standard InChI is InChI=1S/C19H23NO3/c1-11-6-7-19(21)14-10-12-4-5-13(22-3)16-15(12)18(19,17(11)23-16)8-9-20(14)2/h4-5,14,17,21H,1,6-10H2,2-3H3/t14-,17+,18?,19-/m0/s1. The van der Waals surface area contributed by atoms with Crippen LogP contribution in [0.3, 0.4) is 0 Å². The largest absolute Gasteiger partial charge is 0.493 e. The topological polar surface area (TPSA) is 41.9 Å². The number of piperidine rings is 1. The highest BCUT2D eigenvalue weighted by Gasteiger charge is 2.71. The second-order valence-corrected chi connectivity index (χ2v) is 7.63. The van der Waals surface area contributed by atoms with Crippen LogP contribution in [0.5, 0.6) is 11.5 Å². The first-order chi connectivity index (χ1) is 11.0. The van der Waals surface area contributed by atoms with Crippen LogP contribution in [0, 0.1) is 0 Å². The van der Waals surface area contributed by atoms with Gasteiger partial charge in [-0.05, 0) is 56.5 Å². The van der Waals surface area contributed by atoms with Crippen LogP contribution >= 0.6 is 0 Å². The van der Waals surface area contributed by atoms with Gasteiger partial charge in [0.25, 0.3) is 0 Å². The molecule has 2 heterocycles. The zero-order valence-corrected chi connectivity index (χ0v) is 13.8. The monoisotopic (exact) mass is 313 g/mol. The van der Waals surface area contributed by atoms with Gasteiger partial charge >= 0.3 is 0 Å². The SMILES string of the molecule is C=C1CC[C@]2(O)[C@@H]3Cc4ccc(OC)c5c4C2(CCN3C)[C@@H]1O5. The fraction of sp³-hybridized carbons (Fsp3) is 0.579. The molecule has 4 atom stereocenters. The molecular weight excluding hydrogens is 290 g/mol. The Bertz CT molecular complexity index is 730. The number of methoxy groups -OCH3 is 1. The first kappa shape index (κ1) is 13.9. The van der Waals surface area contributed by atoms with E-state index in [4.69, 9.17) is 9.47 Å². The number of hydrogen-bond acceptors (Lipinski definition) is 4. The third-order valence-corrected chi connectivity index (χ3v) is 6.88. The molecule has 4 aliphatic rings. The average molecular weight is 313 g/mol. The summed E-state index contributed by atoms with van der Waals surface area (Å²) in [6.45, 7) is 5.27. The Balaban J connectivity index is 1.86. The molecule has 1 N–H and O–H groups in total. The van der Waals surface area contributed by atoms with E-state index in [2.05, 4.69) is 24.6 Å². The van der Waals surface area contributed by atoms with Crippen LogP contribution in [0.2, 0.25) is 0 Å². The second kappa shape index (κ2) is 4.11. The number of likely N-dealkylation sites (N-methyl/N-ethyl adjacent to an activating group) is 1. The van der Waals surface area contributed by atoms with Crippen LogP contribution < -0.4 is 9.47 Å². The van der Waals surface area contributed by atoms with Gasteiger partial charge in [0.1, 0.15) is 6.10 Å². The van der Waals surface area contributed by atoms with E-state index in [0.29, 0.717) is 0 Å². The van der Waals surface area contributed by atoms with Gasteiger partial charge in [-0.15, -0.1) is 0 Å². The molecule has 1 aromatic rings. The molecule has 4 heteroatoms. The molecule has 4 nitrogen and oxygen atoms in total. The summed E-state index contributed by atoms with van der Waals surface area (Å²) in [6, 6.07) is 4.32. The predicted octanol–water partition coefficient (Wildman–Crippen LogP) is 2.04. The van der Waals surface area contributed by atoms with E-state index >= 15 is 0 Å². The average Bonchev–Trinajstić information content (AvgIpc) is 2.90. The van der Waals surface area contributed by atoms with Crippen molar-refractivity contribution in [2.45, 2.75) is 48.8 Å². The zero-order valence-electron chi connectivity index (χ0n) is 13.8. The van der Waals surface area contributed by atoms with Gasteiger partial charge in [0.05, 0.1) is 18.1 Å². The van der Waals surface area contributed by atoms with Crippen LogP contribution in [-0.4, -0.2) is 48.5 Å². The lowest BCUT2D eigenvalue weighted by molar-refractivity contribution is -0.168. The molecule has 1 saturated heterocycles. The van der Waals surface area contributed by atoms with Crippen molar-refractivity contribution in [3.63, 3.8) is 0 Å². The molecule has 0 radical (unpaired) electrons. The second-order valence-electron chi connectivity index (χ2n) is 7.63. The maximum atomic E-state index is 11.9. The highest BCUT2D eigenvalue weighted by Crippen LogP contribution is 2.65. The minimum Gasteiger partial charge on any atom is -0.493 e. The van der Waals surface area contributed by atoms with E-state index < -0.39 is 5.60 Å². The van der Waals surface area contributed by atoms with Crippen LogP contribution in [0.4, 0.5) is 0 Å². The Kier molecular flexibility index (Phi) is 2.48. The lowest BCUT2D eigenvalue weighted by Crippen LogP contribution is -2.74. The van der Waals surface area contributed by atoms with Gasteiger partial charge in [-0.3, -0.25) is 0 Å². The molecular formula is C19H23NO3. The van der Waals surface area contributed by atoms with Gasteiger partial charge in [0, 0.05) is 11.6 Å². The summed E-state index contributed by atoms with van der Waals surface area (Å²) < 4.78 is 12.0. The van der Waals surface area contributed by atoms with Gasteiger partial charge in [-0.1, -0.05) is 12.6 Å². The Morgan fingerprint density at radius 3 is 3.00 bits per heavy atom. The number of rotatable bonds is 1. The van der Waals surface area contributed by atoms with E-state index in [9.17, 15) is 5.11 Å². The summed E-state index contributed by atoms with van der Waals surface area (Å²) in [5.74, 6) is 1.62. The maximum Gasteiger partial charge on any atom is 0.166 e. The van der Waals surface area contributed by atoms with Crippen molar-refractivity contribution in [2.24, 2.45) is 0 Å². The number of hydrogen-bond donors (Lipinski definition) is 1. The van der Waals surface area contributed by atoms with Crippen molar-refractivity contribution in [2.75, 3.05) is 20.7 Å². The quantitative estimate of drug-likeness (QED) is 0.806. The van der Waals surface area contributed by atoms with Crippen LogP contribution in [0.1, 0.15) is 30.4 Å². The smallest absolute Gasteiger partial charge is 0.166 e. The van der Waals surface area contributed by atoms with Crippen LogP contribution in [0.15, 0.2) is 24.3 Å². The minimum absolute atomic E-state index is 0.122. The lowest BCUT2D eigenvalue weighted by atomic mass is 9.48. The highest BCUT2D eigenvalue weighted by atomic mass is 16.5. The summed E-state index contributed by atoms with van der Waals surface area (Å²) in [7, 11) is 3.82. The van der Waals surface area contributed by atoms with Gasteiger partial charge in [-0.25, -0.2) is 0 Å². The summed E-state index contributed by atoms with van der Waals surface area (Å²) in [6.07, 6.45) is 3.27. The summed E-state index contributed by atoms with van der Waals surface area (Å²) in [5.41, 5.74) is 2.53. The van der Waals surface area contributed by atoms with Gasteiger partial charge in [0.15, 0.2) is 11.5 Å². The molecule has 2 aliphatic carbocycles. The maximum absolute atomic E-state index is 11.9. The zero-order chi connectivity index (χ0) is 16.0. The molecule has 2 bridgehead atoms. The van der Waals surface area contributed by atoms with Gasteiger partial charge in [0.2, 0.25) is 0 Å². The number of likely N-dealkylation sites (tertiary alicyclic amines) is 1. The summed E-state index contributed by atoms with van der Waals surface area (Å²) in [4.78, 5) is 2.33. The summed E-state index contributed by atoms with van der Waals surface area (Å²) >= 11 is 0. The molecule has 1 unspecified atom stereocenters. The molecule has 2 aliphatic heterocycles. The van der Waals surface area contributed by atoms with Gasteiger partial charge < -0.3 is 19.5 Å². The number of aliphatic hydroxyl groups is 1. The van der Waals surface area contributed by atoms with Crippen molar-refractivity contribution in [3.05, 3.63) is 35.4 Å². The third-order valence-electron chi connectivity index (χ3n) is 6.88. The number of benzene rings is 1. The molecule has 23 heavy (non-hydrogen) atoms. The fourth-order valence-electron chi connectivity index (χ4n) is 5.81. The Morgan fingerprint density at radius 2 is 2.22 bits per heavy atom. The van der Waals surface area contributed by atoms with Crippen molar-refractivity contribution < 1.29 is 14.6 Å².